The summed E-state index contributed by atoms with van der Waals surface area (Å²) in [6.07, 6.45) is 0. The second-order valence-electron chi connectivity index (χ2n) is 6.52. The van der Waals surface area contributed by atoms with Crippen molar-refractivity contribution in [2.45, 2.75) is 39.3 Å². The van der Waals surface area contributed by atoms with Gasteiger partial charge >= 0.3 is 0 Å². The standard InChI is InChI=1S/C18H21FN4O/c1-18(2,3)17-22-14(11-24-4)8-16(23-17)21-10-13-6-5-12(9-20)7-15(13)19/h5-8H,10-11H2,1-4H3,(H,21,22,23). The number of anilines is 1. The molecule has 0 fully saturated rings. The van der Waals surface area contributed by atoms with Gasteiger partial charge in [-0.2, -0.15) is 5.26 Å². The molecule has 0 aliphatic heterocycles. The average molecular weight is 328 g/mol. The molecule has 0 aliphatic carbocycles. The molecule has 0 atom stereocenters. The fourth-order valence-electron chi connectivity index (χ4n) is 2.09. The molecule has 24 heavy (non-hydrogen) atoms. The number of nitriles is 1. The molecule has 1 aromatic carbocycles. The van der Waals surface area contributed by atoms with Crippen molar-refractivity contribution in [1.29, 1.82) is 5.26 Å². The SMILES string of the molecule is COCc1cc(NCc2ccc(C#N)cc2F)nc(C(C)(C)C)n1. The van der Waals surface area contributed by atoms with Crippen molar-refractivity contribution in [3.05, 3.63) is 52.7 Å². The van der Waals surface area contributed by atoms with Crippen LogP contribution in [0.4, 0.5) is 10.2 Å². The zero-order valence-corrected chi connectivity index (χ0v) is 14.4. The van der Waals surface area contributed by atoms with Gasteiger partial charge in [0.25, 0.3) is 0 Å². The van der Waals surface area contributed by atoms with Gasteiger partial charge in [0.15, 0.2) is 0 Å². The van der Waals surface area contributed by atoms with Gasteiger partial charge < -0.3 is 10.1 Å². The van der Waals surface area contributed by atoms with Gasteiger partial charge in [-0.25, -0.2) is 14.4 Å². The first-order valence-electron chi connectivity index (χ1n) is 7.63. The number of rotatable bonds is 5. The molecular weight excluding hydrogens is 307 g/mol. The Hall–Kier alpha value is -2.52. The molecule has 2 rings (SSSR count). The van der Waals surface area contributed by atoms with Crippen LogP contribution in [0.5, 0.6) is 0 Å². The van der Waals surface area contributed by atoms with E-state index in [1.165, 1.54) is 6.07 Å². The van der Waals surface area contributed by atoms with Gasteiger partial charge in [0.05, 0.1) is 23.9 Å². The Morgan fingerprint density at radius 3 is 2.58 bits per heavy atom. The van der Waals surface area contributed by atoms with Crippen LogP contribution in [0.15, 0.2) is 24.3 Å². The molecule has 1 aromatic heterocycles. The first-order valence-corrected chi connectivity index (χ1v) is 7.63. The van der Waals surface area contributed by atoms with E-state index >= 15 is 0 Å². The predicted octanol–water partition coefficient (Wildman–Crippen LogP) is 3.54. The van der Waals surface area contributed by atoms with Crippen molar-refractivity contribution < 1.29 is 9.13 Å². The minimum absolute atomic E-state index is 0.208. The van der Waals surface area contributed by atoms with E-state index in [-0.39, 0.29) is 12.0 Å². The molecule has 0 bridgehead atoms. The highest BCUT2D eigenvalue weighted by Gasteiger charge is 2.19. The molecule has 1 heterocycles. The maximum atomic E-state index is 14.0. The summed E-state index contributed by atoms with van der Waals surface area (Å²) in [4.78, 5) is 9.02. The van der Waals surface area contributed by atoms with E-state index in [2.05, 4.69) is 15.3 Å². The van der Waals surface area contributed by atoms with Gasteiger partial charge in [0.1, 0.15) is 17.5 Å². The van der Waals surface area contributed by atoms with Crippen molar-refractivity contribution in [2.24, 2.45) is 0 Å². The number of benzene rings is 1. The third-order valence-electron chi connectivity index (χ3n) is 3.38. The number of ether oxygens (including phenoxy) is 1. The number of nitrogens with zero attached hydrogens (tertiary/aromatic N) is 3. The van der Waals surface area contributed by atoms with Crippen molar-refractivity contribution in [3.63, 3.8) is 0 Å². The first kappa shape index (κ1) is 17.8. The molecule has 0 amide bonds. The number of hydrogen-bond donors (Lipinski definition) is 1. The first-order chi connectivity index (χ1) is 11.3. The molecular formula is C18H21FN4O. The highest BCUT2D eigenvalue weighted by atomic mass is 19.1. The summed E-state index contributed by atoms with van der Waals surface area (Å²) in [7, 11) is 1.61. The van der Waals surface area contributed by atoms with E-state index in [0.29, 0.717) is 29.4 Å². The van der Waals surface area contributed by atoms with Crippen LogP contribution in [0.3, 0.4) is 0 Å². The Labute approximate surface area is 141 Å². The fourth-order valence-corrected chi connectivity index (χ4v) is 2.09. The molecule has 0 spiro atoms. The average Bonchev–Trinajstić information content (AvgIpc) is 2.53. The number of hydrogen-bond acceptors (Lipinski definition) is 5. The van der Waals surface area contributed by atoms with E-state index in [0.717, 1.165) is 5.69 Å². The summed E-state index contributed by atoms with van der Waals surface area (Å²) in [6, 6.07) is 8.14. The largest absolute Gasteiger partial charge is 0.378 e. The van der Waals surface area contributed by atoms with Crippen molar-refractivity contribution >= 4 is 5.82 Å². The molecule has 0 radical (unpaired) electrons. The van der Waals surface area contributed by atoms with Crippen molar-refractivity contribution in [1.82, 2.24) is 9.97 Å². The highest BCUT2D eigenvalue weighted by Crippen LogP contribution is 2.21. The van der Waals surface area contributed by atoms with Gasteiger partial charge in [-0.3, -0.25) is 0 Å². The maximum Gasteiger partial charge on any atom is 0.136 e. The zero-order valence-electron chi connectivity index (χ0n) is 14.4. The third kappa shape index (κ3) is 4.49. The Kier molecular flexibility index (Phi) is 5.47. The Balaban J connectivity index is 2.23. The van der Waals surface area contributed by atoms with Gasteiger partial charge in [-0.1, -0.05) is 26.8 Å². The summed E-state index contributed by atoms with van der Waals surface area (Å²) < 4.78 is 19.1. The molecule has 126 valence electrons. The highest BCUT2D eigenvalue weighted by molar-refractivity contribution is 5.39. The molecule has 6 heteroatoms. The van der Waals surface area contributed by atoms with Gasteiger partial charge in [-0.15, -0.1) is 0 Å². The lowest BCUT2D eigenvalue weighted by Crippen LogP contribution is -2.18. The zero-order chi connectivity index (χ0) is 17.7. The van der Waals surface area contributed by atoms with E-state index in [4.69, 9.17) is 10.00 Å². The number of nitrogens with one attached hydrogen (secondary N) is 1. The molecule has 0 saturated heterocycles. The monoisotopic (exact) mass is 328 g/mol. The number of halogens is 1. The molecule has 0 unspecified atom stereocenters. The third-order valence-corrected chi connectivity index (χ3v) is 3.38. The summed E-state index contributed by atoms with van der Waals surface area (Å²) in [5, 5.41) is 11.9. The summed E-state index contributed by atoms with van der Waals surface area (Å²) in [6.45, 7) is 6.74. The Bertz CT molecular complexity index is 763. The molecule has 0 aliphatic rings. The van der Waals surface area contributed by atoms with Crippen LogP contribution in [0.25, 0.3) is 0 Å². The fraction of sp³-hybridized carbons (Fsp3) is 0.389. The lowest BCUT2D eigenvalue weighted by Gasteiger charge is -2.19. The number of methoxy groups -OCH3 is 1. The van der Waals surface area contributed by atoms with Crippen LogP contribution in [0.1, 0.15) is 43.4 Å². The Morgan fingerprint density at radius 2 is 2.00 bits per heavy atom. The summed E-state index contributed by atoms with van der Waals surface area (Å²) in [5.74, 6) is 0.898. The van der Waals surface area contributed by atoms with Gasteiger partial charge in [0, 0.05) is 30.7 Å². The van der Waals surface area contributed by atoms with Crippen LogP contribution in [-0.4, -0.2) is 17.1 Å². The van der Waals surface area contributed by atoms with Crippen LogP contribution in [-0.2, 0) is 23.3 Å². The van der Waals surface area contributed by atoms with Crippen LogP contribution < -0.4 is 5.32 Å². The van der Waals surface area contributed by atoms with E-state index in [1.807, 2.05) is 26.8 Å². The predicted molar refractivity (Wildman–Crippen MR) is 89.9 cm³/mol. The van der Waals surface area contributed by atoms with Crippen LogP contribution >= 0.6 is 0 Å². The quantitative estimate of drug-likeness (QED) is 0.909. The minimum atomic E-state index is -0.413. The molecule has 1 N–H and O–H groups in total. The topological polar surface area (TPSA) is 70.8 Å². The summed E-state index contributed by atoms with van der Waals surface area (Å²) >= 11 is 0. The van der Waals surface area contributed by atoms with Crippen LogP contribution in [0.2, 0.25) is 0 Å². The number of aromatic nitrogens is 2. The van der Waals surface area contributed by atoms with E-state index in [1.54, 1.807) is 25.3 Å². The second kappa shape index (κ2) is 7.37. The van der Waals surface area contributed by atoms with Crippen molar-refractivity contribution in [3.8, 4) is 6.07 Å². The van der Waals surface area contributed by atoms with Gasteiger partial charge in [0.2, 0.25) is 0 Å². The lowest BCUT2D eigenvalue weighted by atomic mass is 9.95. The van der Waals surface area contributed by atoms with E-state index in [9.17, 15) is 4.39 Å². The molecule has 2 aromatic rings. The summed E-state index contributed by atoms with van der Waals surface area (Å²) in [5.41, 5.74) is 1.33. The second-order valence-corrected chi connectivity index (χ2v) is 6.52. The molecule has 5 nitrogen and oxygen atoms in total. The van der Waals surface area contributed by atoms with Crippen molar-refractivity contribution in [2.75, 3.05) is 12.4 Å². The van der Waals surface area contributed by atoms with Crippen LogP contribution in [0, 0.1) is 17.1 Å². The van der Waals surface area contributed by atoms with E-state index < -0.39 is 5.82 Å². The van der Waals surface area contributed by atoms with Gasteiger partial charge in [-0.05, 0) is 12.1 Å². The minimum Gasteiger partial charge on any atom is -0.378 e. The molecule has 0 saturated carbocycles. The smallest absolute Gasteiger partial charge is 0.136 e. The maximum absolute atomic E-state index is 14.0. The lowest BCUT2D eigenvalue weighted by molar-refractivity contribution is 0.181. The normalized spacial score (nSPS) is 11.2. The Morgan fingerprint density at radius 1 is 1.25 bits per heavy atom.